The van der Waals surface area contributed by atoms with Crippen molar-refractivity contribution in [3.05, 3.63) is 12.3 Å². The van der Waals surface area contributed by atoms with E-state index in [1.54, 1.807) is 6.20 Å². The number of rotatable bonds is 1. The number of carbonyl (C=O) groups is 1. The van der Waals surface area contributed by atoms with E-state index in [-0.39, 0.29) is 5.78 Å². The average Bonchev–Trinajstić information content (AvgIpc) is 1.88. The Bertz CT molecular complexity index is 206. The van der Waals surface area contributed by atoms with Crippen molar-refractivity contribution < 1.29 is 4.79 Å². The molecule has 0 spiro atoms. The van der Waals surface area contributed by atoms with E-state index in [1.165, 1.54) is 6.92 Å². The number of carbonyl (C=O) groups excluding carboxylic acids is 1. The molecule has 0 bridgehead atoms. The molecular weight excluding hydrogens is 128 g/mol. The van der Waals surface area contributed by atoms with Crippen LogP contribution in [0.15, 0.2) is 17.3 Å². The molecule has 0 unspecified atom stereocenters. The lowest BCUT2D eigenvalue weighted by Crippen LogP contribution is -2.33. The van der Waals surface area contributed by atoms with Crippen LogP contribution in [0.25, 0.3) is 0 Å². The number of hydrogen-bond acceptors (Lipinski definition) is 3. The van der Waals surface area contributed by atoms with Gasteiger partial charge in [0.1, 0.15) is 0 Å². The van der Waals surface area contributed by atoms with Crippen molar-refractivity contribution in [3.63, 3.8) is 0 Å². The molecule has 3 nitrogen and oxygen atoms in total. The van der Waals surface area contributed by atoms with Crippen LogP contribution in [0.2, 0.25) is 0 Å². The van der Waals surface area contributed by atoms with E-state index >= 15 is 0 Å². The second kappa shape index (κ2) is 2.64. The molecule has 54 valence electrons. The minimum Gasteiger partial charge on any atom is -0.353 e. The first kappa shape index (κ1) is 6.99. The van der Waals surface area contributed by atoms with Gasteiger partial charge in [-0.3, -0.25) is 4.79 Å². The SMILES string of the molecule is CC(=O)C1=NC=CCN1C. The standard InChI is InChI=1S/C7H10N2O/c1-6(10)7-8-4-3-5-9(7)2/h3-4H,5H2,1-2H3. The lowest BCUT2D eigenvalue weighted by atomic mass is 10.3. The fourth-order valence-electron chi connectivity index (χ4n) is 0.873. The van der Waals surface area contributed by atoms with Crippen LogP contribution in [0.4, 0.5) is 0 Å². The van der Waals surface area contributed by atoms with Crippen molar-refractivity contribution in [2.24, 2.45) is 4.99 Å². The van der Waals surface area contributed by atoms with Gasteiger partial charge < -0.3 is 4.90 Å². The summed E-state index contributed by atoms with van der Waals surface area (Å²) in [4.78, 5) is 16.5. The summed E-state index contributed by atoms with van der Waals surface area (Å²) in [5.41, 5.74) is 0. The quantitative estimate of drug-likeness (QED) is 0.526. The molecule has 0 aromatic rings. The van der Waals surface area contributed by atoms with Gasteiger partial charge in [0.15, 0.2) is 11.6 Å². The number of ketones is 1. The summed E-state index contributed by atoms with van der Waals surface area (Å²) in [6.07, 6.45) is 3.57. The van der Waals surface area contributed by atoms with E-state index in [2.05, 4.69) is 4.99 Å². The molecule has 0 aromatic carbocycles. The second-order valence-electron chi connectivity index (χ2n) is 2.27. The summed E-state index contributed by atoms with van der Waals surface area (Å²) in [5, 5.41) is 0. The number of likely N-dealkylation sites (N-methyl/N-ethyl adjacent to an activating group) is 1. The summed E-state index contributed by atoms with van der Waals surface area (Å²) < 4.78 is 0. The maximum Gasteiger partial charge on any atom is 0.194 e. The topological polar surface area (TPSA) is 32.7 Å². The smallest absolute Gasteiger partial charge is 0.194 e. The van der Waals surface area contributed by atoms with Gasteiger partial charge in [-0.1, -0.05) is 0 Å². The summed E-state index contributed by atoms with van der Waals surface area (Å²) >= 11 is 0. The average molecular weight is 138 g/mol. The first-order valence-corrected chi connectivity index (χ1v) is 3.16. The molecule has 0 aliphatic carbocycles. The van der Waals surface area contributed by atoms with Crippen LogP contribution in [0, 0.1) is 0 Å². The fraction of sp³-hybridized carbons (Fsp3) is 0.429. The van der Waals surface area contributed by atoms with Crippen LogP contribution in [-0.2, 0) is 4.79 Å². The Hall–Kier alpha value is -1.12. The van der Waals surface area contributed by atoms with Crippen molar-refractivity contribution in [1.82, 2.24) is 4.90 Å². The highest BCUT2D eigenvalue weighted by Gasteiger charge is 2.11. The minimum atomic E-state index is 0.0202. The first-order chi connectivity index (χ1) is 4.72. The Kier molecular flexibility index (Phi) is 1.85. The van der Waals surface area contributed by atoms with Crippen molar-refractivity contribution in [3.8, 4) is 0 Å². The van der Waals surface area contributed by atoms with Gasteiger partial charge in [-0.15, -0.1) is 0 Å². The molecule has 1 aliphatic rings. The molecule has 0 atom stereocenters. The highest BCUT2D eigenvalue weighted by atomic mass is 16.1. The summed E-state index contributed by atoms with van der Waals surface area (Å²) in [7, 11) is 1.85. The monoisotopic (exact) mass is 138 g/mol. The van der Waals surface area contributed by atoms with Gasteiger partial charge in [-0.25, -0.2) is 4.99 Å². The van der Waals surface area contributed by atoms with Crippen LogP contribution >= 0.6 is 0 Å². The van der Waals surface area contributed by atoms with E-state index in [1.807, 2.05) is 18.0 Å². The van der Waals surface area contributed by atoms with Gasteiger partial charge in [-0.05, 0) is 6.08 Å². The van der Waals surface area contributed by atoms with E-state index in [0.29, 0.717) is 5.84 Å². The first-order valence-electron chi connectivity index (χ1n) is 3.16. The predicted molar refractivity (Wildman–Crippen MR) is 39.9 cm³/mol. The Morgan fingerprint density at radius 3 is 2.90 bits per heavy atom. The maximum atomic E-state index is 10.8. The predicted octanol–water partition coefficient (Wildman–Crippen LogP) is 0.433. The zero-order valence-corrected chi connectivity index (χ0v) is 6.16. The zero-order chi connectivity index (χ0) is 7.56. The molecule has 0 aromatic heterocycles. The maximum absolute atomic E-state index is 10.8. The van der Waals surface area contributed by atoms with E-state index in [0.717, 1.165) is 6.54 Å². The van der Waals surface area contributed by atoms with Gasteiger partial charge in [0.05, 0.1) is 0 Å². The van der Waals surface area contributed by atoms with Crippen LogP contribution in [0.1, 0.15) is 6.92 Å². The van der Waals surface area contributed by atoms with Crippen molar-refractivity contribution in [2.75, 3.05) is 13.6 Å². The summed E-state index contributed by atoms with van der Waals surface area (Å²) in [5.74, 6) is 0.564. The number of amidine groups is 1. The van der Waals surface area contributed by atoms with Gasteiger partial charge in [0.2, 0.25) is 0 Å². The largest absolute Gasteiger partial charge is 0.353 e. The third-order valence-electron chi connectivity index (χ3n) is 1.36. The van der Waals surface area contributed by atoms with Gasteiger partial charge in [0.25, 0.3) is 0 Å². The number of hydrogen-bond donors (Lipinski definition) is 0. The molecule has 0 saturated carbocycles. The molecule has 3 heteroatoms. The van der Waals surface area contributed by atoms with Crippen molar-refractivity contribution in [1.29, 1.82) is 0 Å². The third-order valence-corrected chi connectivity index (χ3v) is 1.36. The molecule has 1 heterocycles. The Morgan fingerprint density at radius 1 is 1.80 bits per heavy atom. The van der Waals surface area contributed by atoms with Gasteiger partial charge in [-0.2, -0.15) is 0 Å². The summed E-state index contributed by atoms with van der Waals surface area (Å²) in [6.45, 7) is 2.30. The fourth-order valence-corrected chi connectivity index (χ4v) is 0.873. The van der Waals surface area contributed by atoms with Crippen LogP contribution in [0.5, 0.6) is 0 Å². The van der Waals surface area contributed by atoms with Gasteiger partial charge >= 0.3 is 0 Å². The second-order valence-corrected chi connectivity index (χ2v) is 2.27. The van der Waals surface area contributed by atoms with E-state index < -0.39 is 0 Å². The van der Waals surface area contributed by atoms with Crippen LogP contribution < -0.4 is 0 Å². The highest BCUT2D eigenvalue weighted by Crippen LogP contribution is 1.97. The molecule has 10 heavy (non-hydrogen) atoms. The Labute approximate surface area is 60.1 Å². The number of nitrogens with zero attached hydrogens (tertiary/aromatic N) is 2. The molecule has 0 radical (unpaired) electrons. The normalized spacial score (nSPS) is 17.0. The lowest BCUT2D eigenvalue weighted by molar-refractivity contribution is -0.111. The third kappa shape index (κ3) is 1.23. The number of Topliss-reactive ketones (excluding diaryl/α,β-unsaturated/α-hetero) is 1. The summed E-state index contributed by atoms with van der Waals surface area (Å²) in [6, 6.07) is 0. The molecule has 0 fully saturated rings. The molecule has 0 saturated heterocycles. The minimum absolute atomic E-state index is 0.0202. The van der Waals surface area contributed by atoms with Crippen LogP contribution in [0.3, 0.4) is 0 Å². The van der Waals surface area contributed by atoms with E-state index in [4.69, 9.17) is 0 Å². The van der Waals surface area contributed by atoms with Gasteiger partial charge in [0, 0.05) is 26.7 Å². The Morgan fingerprint density at radius 2 is 2.50 bits per heavy atom. The molecule has 0 amide bonds. The number of aliphatic imine (C=N–C) groups is 1. The van der Waals surface area contributed by atoms with Crippen molar-refractivity contribution in [2.45, 2.75) is 6.92 Å². The van der Waals surface area contributed by atoms with Crippen LogP contribution in [-0.4, -0.2) is 30.1 Å². The molecule has 0 N–H and O–H groups in total. The zero-order valence-electron chi connectivity index (χ0n) is 6.16. The molecular formula is C7H10N2O. The lowest BCUT2D eigenvalue weighted by Gasteiger charge is -2.18. The molecule has 1 rings (SSSR count). The molecule has 1 aliphatic heterocycles. The van der Waals surface area contributed by atoms with Crippen molar-refractivity contribution >= 4 is 11.6 Å². The highest BCUT2D eigenvalue weighted by molar-refractivity contribution is 6.38. The Balaban J connectivity index is 2.80. The van der Waals surface area contributed by atoms with E-state index in [9.17, 15) is 4.79 Å².